The molecule has 1 heterocycles. The fourth-order valence-corrected chi connectivity index (χ4v) is 2.96. The lowest BCUT2D eigenvalue weighted by Crippen LogP contribution is -1.95. The van der Waals surface area contributed by atoms with E-state index in [-0.39, 0.29) is 5.82 Å². The summed E-state index contributed by atoms with van der Waals surface area (Å²) in [6, 6.07) is 16.1. The lowest BCUT2D eigenvalue weighted by atomic mass is 10.2. The highest BCUT2D eigenvalue weighted by molar-refractivity contribution is 7.98. The van der Waals surface area contributed by atoms with Crippen LogP contribution in [-0.4, -0.2) is 9.97 Å². The predicted molar refractivity (Wildman–Crippen MR) is 94.0 cm³/mol. The SMILES string of the molecule is Cc1ccc(CSc2nc(C)cc(Oc3cccc(F)c3)n2)cc1. The third kappa shape index (κ3) is 4.55. The van der Waals surface area contributed by atoms with Crippen molar-refractivity contribution in [2.75, 3.05) is 0 Å². The van der Waals surface area contributed by atoms with E-state index in [2.05, 4.69) is 41.2 Å². The smallest absolute Gasteiger partial charge is 0.223 e. The monoisotopic (exact) mass is 340 g/mol. The highest BCUT2D eigenvalue weighted by Gasteiger charge is 2.06. The number of hydrogen-bond acceptors (Lipinski definition) is 4. The first kappa shape index (κ1) is 16.5. The van der Waals surface area contributed by atoms with Crippen LogP contribution in [0.25, 0.3) is 0 Å². The number of nitrogens with zero attached hydrogens (tertiary/aromatic N) is 2. The van der Waals surface area contributed by atoms with Crippen molar-refractivity contribution in [3.8, 4) is 11.6 Å². The van der Waals surface area contributed by atoms with E-state index in [1.165, 1.54) is 23.3 Å². The van der Waals surface area contributed by atoms with Gasteiger partial charge >= 0.3 is 0 Å². The average Bonchev–Trinajstić information content (AvgIpc) is 2.54. The van der Waals surface area contributed by atoms with Crippen LogP contribution in [0.1, 0.15) is 16.8 Å². The molecule has 1 aromatic heterocycles. The van der Waals surface area contributed by atoms with Crippen molar-refractivity contribution in [3.63, 3.8) is 0 Å². The molecule has 0 amide bonds. The summed E-state index contributed by atoms with van der Waals surface area (Å²) < 4.78 is 18.9. The molecule has 3 aromatic rings. The molecule has 0 atom stereocenters. The van der Waals surface area contributed by atoms with Crippen molar-refractivity contribution in [3.05, 3.63) is 77.2 Å². The molecule has 0 saturated carbocycles. The summed E-state index contributed by atoms with van der Waals surface area (Å²) in [4.78, 5) is 8.82. The van der Waals surface area contributed by atoms with Crippen LogP contribution in [0.3, 0.4) is 0 Å². The zero-order chi connectivity index (χ0) is 16.9. The molecule has 0 radical (unpaired) electrons. The Hall–Kier alpha value is -2.40. The summed E-state index contributed by atoms with van der Waals surface area (Å²) in [5.41, 5.74) is 3.26. The van der Waals surface area contributed by atoms with Crippen LogP contribution in [0.4, 0.5) is 4.39 Å². The summed E-state index contributed by atoms with van der Waals surface area (Å²) in [6.45, 7) is 3.95. The third-order valence-corrected chi connectivity index (χ3v) is 4.24. The first-order valence-electron chi connectivity index (χ1n) is 7.56. The van der Waals surface area contributed by atoms with Crippen molar-refractivity contribution in [1.82, 2.24) is 9.97 Å². The summed E-state index contributed by atoms with van der Waals surface area (Å²) in [6.07, 6.45) is 0. The summed E-state index contributed by atoms with van der Waals surface area (Å²) in [7, 11) is 0. The van der Waals surface area contributed by atoms with Gasteiger partial charge in [0.2, 0.25) is 5.88 Å². The van der Waals surface area contributed by atoms with Gasteiger partial charge in [0.05, 0.1) is 0 Å². The van der Waals surface area contributed by atoms with Gasteiger partial charge in [0.15, 0.2) is 5.16 Å². The molecule has 0 bridgehead atoms. The van der Waals surface area contributed by atoms with E-state index in [1.54, 1.807) is 30.0 Å². The highest BCUT2D eigenvalue weighted by Crippen LogP contribution is 2.25. The van der Waals surface area contributed by atoms with Gasteiger partial charge < -0.3 is 4.74 Å². The molecule has 0 unspecified atom stereocenters. The van der Waals surface area contributed by atoms with Crippen LogP contribution < -0.4 is 4.74 Å². The van der Waals surface area contributed by atoms with Gasteiger partial charge in [-0.2, -0.15) is 4.98 Å². The number of rotatable bonds is 5. The first-order chi connectivity index (χ1) is 11.6. The number of benzene rings is 2. The zero-order valence-corrected chi connectivity index (χ0v) is 14.3. The second-order valence-corrected chi connectivity index (χ2v) is 6.41. The van der Waals surface area contributed by atoms with E-state index < -0.39 is 0 Å². The van der Waals surface area contributed by atoms with Gasteiger partial charge in [0.1, 0.15) is 11.6 Å². The normalized spacial score (nSPS) is 10.6. The Bertz CT molecular complexity index is 837. The molecule has 0 aliphatic carbocycles. The maximum atomic E-state index is 13.2. The summed E-state index contributed by atoms with van der Waals surface area (Å²) in [5, 5.41) is 0.641. The van der Waals surface area contributed by atoms with Gasteiger partial charge in [0, 0.05) is 23.6 Å². The fraction of sp³-hybridized carbons (Fsp3) is 0.158. The molecule has 3 nitrogen and oxygen atoms in total. The van der Waals surface area contributed by atoms with E-state index in [0.29, 0.717) is 16.8 Å². The van der Waals surface area contributed by atoms with E-state index in [9.17, 15) is 4.39 Å². The Kier molecular flexibility index (Phi) is 5.11. The molecular formula is C19H17FN2OS. The first-order valence-corrected chi connectivity index (χ1v) is 8.54. The predicted octanol–water partition coefficient (Wildman–Crippen LogP) is 5.32. The second-order valence-electron chi connectivity index (χ2n) is 5.46. The number of aryl methyl sites for hydroxylation is 2. The third-order valence-electron chi connectivity index (χ3n) is 3.32. The van der Waals surface area contributed by atoms with Crippen LogP contribution in [0.5, 0.6) is 11.6 Å². The zero-order valence-electron chi connectivity index (χ0n) is 13.5. The number of halogens is 1. The molecule has 2 aromatic carbocycles. The molecule has 24 heavy (non-hydrogen) atoms. The second kappa shape index (κ2) is 7.45. The van der Waals surface area contributed by atoms with Crippen molar-refractivity contribution in [1.29, 1.82) is 0 Å². The van der Waals surface area contributed by atoms with Crippen molar-refractivity contribution in [2.45, 2.75) is 24.8 Å². The average molecular weight is 340 g/mol. The van der Waals surface area contributed by atoms with Gasteiger partial charge in [-0.25, -0.2) is 9.37 Å². The number of thioether (sulfide) groups is 1. The topological polar surface area (TPSA) is 35.0 Å². The molecule has 0 fully saturated rings. The summed E-state index contributed by atoms with van der Waals surface area (Å²) in [5.74, 6) is 1.28. The number of aromatic nitrogens is 2. The van der Waals surface area contributed by atoms with Crippen LogP contribution in [0, 0.1) is 19.7 Å². The number of ether oxygens (including phenoxy) is 1. The van der Waals surface area contributed by atoms with Crippen LogP contribution in [0.2, 0.25) is 0 Å². The Morgan fingerprint density at radius 2 is 1.79 bits per heavy atom. The summed E-state index contributed by atoms with van der Waals surface area (Å²) >= 11 is 1.55. The van der Waals surface area contributed by atoms with Crippen LogP contribution in [0.15, 0.2) is 59.8 Å². The fourth-order valence-electron chi connectivity index (χ4n) is 2.11. The molecule has 122 valence electrons. The Morgan fingerprint density at radius 3 is 2.54 bits per heavy atom. The molecule has 0 N–H and O–H groups in total. The Morgan fingerprint density at radius 1 is 1.00 bits per heavy atom. The quantitative estimate of drug-likeness (QED) is 0.465. The maximum Gasteiger partial charge on any atom is 0.223 e. The van der Waals surface area contributed by atoms with Crippen molar-refractivity contribution >= 4 is 11.8 Å². The minimum absolute atomic E-state index is 0.341. The molecule has 5 heteroatoms. The van der Waals surface area contributed by atoms with Crippen LogP contribution >= 0.6 is 11.8 Å². The van der Waals surface area contributed by atoms with Crippen molar-refractivity contribution < 1.29 is 9.13 Å². The minimum Gasteiger partial charge on any atom is -0.439 e. The molecule has 0 aliphatic rings. The standard InChI is InChI=1S/C19H17FN2OS/c1-13-6-8-15(9-7-13)12-24-19-21-14(2)10-18(22-19)23-17-5-3-4-16(20)11-17/h3-11H,12H2,1-2H3. The van der Waals surface area contributed by atoms with Crippen LogP contribution in [-0.2, 0) is 5.75 Å². The Labute approximate surface area is 144 Å². The van der Waals surface area contributed by atoms with E-state index in [4.69, 9.17) is 4.74 Å². The largest absolute Gasteiger partial charge is 0.439 e. The van der Waals surface area contributed by atoms with Gasteiger partial charge in [-0.1, -0.05) is 47.7 Å². The maximum absolute atomic E-state index is 13.2. The highest BCUT2D eigenvalue weighted by atomic mass is 32.2. The van der Waals surface area contributed by atoms with E-state index >= 15 is 0 Å². The molecule has 3 rings (SSSR count). The number of hydrogen-bond donors (Lipinski definition) is 0. The lowest BCUT2D eigenvalue weighted by molar-refractivity contribution is 0.450. The molecule has 0 aliphatic heterocycles. The van der Waals surface area contributed by atoms with E-state index in [0.717, 1.165) is 11.4 Å². The lowest BCUT2D eigenvalue weighted by Gasteiger charge is -2.08. The van der Waals surface area contributed by atoms with Gasteiger partial charge in [-0.05, 0) is 31.5 Å². The van der Waals surface area contributed by atoms with Gasteiger partial charge in [-0.15, -0.1) is 0 Å². The van der Waals surface area contributed by atoms with Gasteiger partial charge in [0.25, 0.3) is 0 Å². The van der Waals surface area contributed by atoms with Gasteiger partial charge in [-0.3, -0.25) is 0 Å². The minimum atomic E-state index is -0.341. The van der Waals surface area contributed by atoms with Crippen molar-refractivity contribution in [2.24, 2.45) is 0 Å². The Balaban J connectivity index is 1.72. The molecular weight excluding hydrogens is 323 g/mol. The van der Waals surface area contributed by atoms with E-state index in [1.807, 2.05) is 6.92 Å². The molecule has 0 saturated heterocycles. The molecule has 0 spiro atoms.